The minimum absolute atomic E-state index is 0.124. The Balaban J connectivity index is 2.10. The van der Waals surface area contributed by atoms with Gasteiger partial charge in [0, 0.05) is 23.2 Å². The molecule has 3 aromatic carbocycles. The maximum Gasteiger partial charge on any atom is 0.410 e. The molecule has 4 rings (SSSR count). The number of aromatic hydroxyl groups is 1. The molecule has 0 saturated heterocycles. The van der Waals surface area contributed by atoms with Gasteiger partial charge in [0.1, 0.15) is 23.0 Å². The number of amides is 1. The van der Waals surface area contributed by atoms with E-state index in [1.54, 1.807) is 32.3 Å². The summed E-state index contributed by atoms with van der Waals surface area (Å²) in [7, 11) is 6.22. The van der Waals surface area contributed by atoms with Crippen LogP contribution in [0.1, 0.15) is 36.6 Å². The van der Waals surface area contributed by atoms with Crippen molar-refractivity contribution in [1.82, 2.24) is 4.90 Å². The van der Waals surface area contributed by atoms with Crippen LogP contribution in [0.3, 0.4) is 0 Å². The normalized spacial score (nSPS) is 17.3. The Morgan fingerprint density at radius 3 is 2.26 bits per heavy atom. The molecule has 7 heteroatoms. The van der Waals surface area contributed by atoms with Crippen molar-refractivity contribution >= 4 is 16.9 Å². The lowest BCUT2D eigenvalue weighted by Crippen LogP contribution is -2.45. The molecule has 1 heterocycles. The van der Waals surface area contributed by atoms with E-state index < -0.39 is 6.09 Å². The molecule has 180 valence electrons. The van der Waals surface area contributed by atoms with Crippen LogP contribution in [0.4, 0.5) is 4.79 Å². The maximum absolute atomic E-state index is 12.6. The standard InChI is InChI=1S/C27H31NO6/c1-14-11-21(32-5)26-17(9-8-10-20(26)31-4)23(14)25-18-12-15(2)28(27(30)34-7)16(3)24(18)22(33-6)13-19(25)29/h8-11,13,15-16,29H,12H2,1-7H3/t15-,16+/m0/s1. The van der Waals surface area contributed by atoms with Crippen LogP contribution in [-0.4, -0.2) is 50.6 Å². The first-order valence-corrected chi connectivity index (χ1v) is 11.2. The number of fused-ring (bicyclic) bond motifs is 2. The molecule has 0 fully saturated rings. The van der Waals surface area contributed by atoms with Crippen LogP contribution in [0.5, 0.6) is 23.0 Å². The predicted octanol–water partition coefficient (Wildman–Crippen LogP) is 5.62. The summed E-state index contributed by atoms with van der Waals surface area (Å²) < 4.78 is 22.1. The Morgan fingerprint density at radius 1 is 0.971 bits per heavy atom. The van der Waals surface area contributed by atoms with Gasteiger partial charge in [-0.1, -0.05) is 12.1 Å². The second-order valence-corrected chi connectivity index (χ2v) is 8.63. The SMILES string of the molecule is COC(=O)N1[C@H](C)c2c(OC)cc(O)c(-c3c(C)cc(OC)c4c(OC)cccc34)c2C[C@@H]1C. The third-order valence-corrected chi connectivity index (χ3v) is 6.80. The Kier molecular flexibility index (Phi) is 6.21. The molecular weight excluding hydrogens is 434 g/mol. The number of hydrogen-bond acceptors (Lipinski definition) is 6. The van der Waals surface area contributed by atoms with Gasteiger partial charge in [0.2, 0.25) is 0 Å². The number of phenolic OH excluding ortho intramolecular Hbond substituents is 1. The van der Waals surface area contributed by atoms with E-state index in [1.165, 1.54) is 7.11 Å². The Bertz CT molecular complexity index is 1270. The zero-order valence-corrected chi connectivity index (χ0v) is 20.7. The van der Waals surface area contributed by atoms with Gasteiger partial charge in [-0.15, -0.1) is 0 Å². The fourth-order valence-electron chi connectivity index (χ4n) is 5.40. The van der Waals surface area contributed by atoms with E-state index in [9.17, 15) is 9.90 Å². The molecule has 1 aliphatic rings. The van der Waals surface area contributed by atoms with E-state index in [-0.39, 0.29) is 17.8 Å². The molecule has 0 unspecified atom stereocenters. The van der Waals surface area contributed by atoms with Crippen molar-refractivity contribution in [2.24, 2.45) is 0 Å². The minimum atomic E-state index is -0.391. The number of phenols is 1. The average molecular weight is 466 g/mol. The summed E-state index contributed by atoms with van der Waals surface area (Å²) in [4.78, 5) is 14.3. The van der Waals surface area contributed by atoms with Gasteiger partial charge in [-0.25, -0.2) is 4.79 Å². The van der Waals surface area contributed by atoms with E-state index in [4.69, 9.17) is 18.9 Å². The van der Waals surface area contributed by atoms with Crippen molar-refractivity contribution < 1.29 is 28.8 Å². The topological polar surface area (TPSA) is 77.5 Å². The smallest absolute Gasteiger partial charge is 0.410 e. The van der Waals surface area contributed by atoms with Gasteiger partial charge >= 0.3 is 6.09 Å². The number of rotatable bonds is 4. The molecule has 0 spiro atoms. The van der Waals surface area contributed by atoms with E-state index in [0.717, 1.165) is 38.6 Å². The van der Waals surface area contributed by atoms with Gasteiger partial charge in [0.05, 0.1) is 39.9 Å². The number of carbonyl (C=O) groups excluding carboxylic acids is 1. The summed E-state index contributed by atoms with van der Waals surface area (Å²) in [5.41, 5.74) is 4.41. The fourth-order valence-corrected chi connectivity index (χ4v) is 5.40. The molecule has 0 radical (unpaired) electrons. The van der Waals surface area contributed by atoms with Crippen molar-refractivity contribution in [3.8, 4) is 34.1 Å². The lowest BCUT2D eigenvalue weighted by Gasteiger charge is -2.41. The number of hydrogen-bond donors (Lipinski definition) is 1. The highest BCUT2D eigenvalue weighted by Gasteiger charge is 2.38. The van der Waals surface area contributed by atoms with E-state index in [0.29, 0.717) is 23.7 Å². The summed E-state index contributed by atoms with van der Waals surface area (Å²) in [5.74, 6) is 2.06. The molecule has 1 aliphatic heterocycles. The van der Waals surface area contributed by atoms with Crippen LogP contribution in [-0.2, 0) is 11.2 Å². The summed E-state index contributed by atoms with van der Waals surface area (Å²) >= 11 is 0. The maximum atomic E-state index is 12.6. The molecule has 0 bridgehead atoms. The molecule has 0 aromatic heterocycles. The van der Waals surface area contributed by atoms with Crippen molar-refractivity contribution in [3.63, 3.8) is 0 Å². The monoisotopic (exact) mass is 465 g/mol. The first-order valence-electron chi connectivity index (χ1n) is 11.2. The summed E-state index contributed by atoms with van der Waals surface area (Å²) in [6.07, 6.45) is 0.143. The highest BCUT2D eigenvalue weighted by atomic mass is 16.5. The molecule has 3 aromatic rings. The second kappa shape index (κ2) is 8.97. The van der Waals surface area contributed by atoms with Crippen LogP contribution in [0.15, 0.2) is 30.3 Å². The van der Waals surface area contributed by atoms with Crippen molar-refractivity contribution in [3.05, 3.63) is 47.0 Å². The number of nitrogens with zero attached hydrogens (tertiary/aromatic N) is 1. The van der Waals surface area contributed by atoms with Crippen molar-refractivity contribution in [1.29, 1.82) is 0 Å². The lowest BCUT2D eigenvalue weighted by molar-refractivity contribution is 0.0829. The minimum Gasteiger partial charge on any atom is -0.507 e. The van der Waals surface area contributed by atoms with Crippen LogP contribution < -0.4 is 14.2 Å². The summed E-state index contributed by atoms with van der Waals surface area (Å²) in [5, 5.41) is 13.1. The first-order chi connectivity index (χ1) is 16.3. The molecule has 2 atom stereocenters. The predicted molar refractivity (Wildman–Crippen MR) is 131 cm³/mol. The number of methoxy groups -OCH3 is 4. The van der Waals surface area contributed by atoms with Gasteiger partial charge < -0.3 is 24.1 Å². The molecule has 1 N–H and O–H groups in total. The van der Waals surface area contributed by atoms with E-state index in [2.05, 4.69) is 0 Å². The Hall–Kier alpha value is -3.61. The van der Waals surface area contributed by atoms with Crippen LogP contribution >= 0.6 is 0 Å². The van der Waals surface area contributed by atoms with E-state index in [1.807, 2.05) is 45.0 Å². The van der Waals surface area contributed by atoms with Crippen LogP contribution in [0.2, 0.25) is 0 Å². The second-order valence-electron chi connectivity index (χ2n) is 8.63. The summed E-state index contributed by atoms with van der Waals surface area (Å²) in [6.45, 7) is 5.94. The number of benzene rings is 3. The van der Waals surface area contributed by atoms with Crippen molar-refractivity contribution in [2.75, 3.05) is 28.4 Å². The van der Waals surface area contributed by atoms with Crippen LogP contribution in [0, 0.1) is 6.92 Å². The molecule has 1 amide bonds. The highest BCUT2D eigenvalue weighted by molar-refractivity contribution is 6.06. The lowest BCUT2D eigenvalue weighted by atomic mass is 9.81. The van der Waals surface area contributed by atoms with Gasteiger partial charge in [0.25, 0.3) is 0 Å². The number of carbonyl (C=O) groups is 1. The first kappa shape index (κ1) is 23.5. The number of ether oxygens (including phenoxy) is 4. The van der Waals surface area contributed by atoms with Gasteiger partial charge in [-0.2, -0.15) is 0 Å². The van der Waals surface area contributed by atoms with Gasteiger partial charge in [-0.3, -0.25) is 4.90 Å². The third-order valence-electron chi connectivity index (χ3n) is 6.80. The molecule has 34 heavy (non-hydrogen) atoms. The largest absolute Gasteiger partial charge is 0.507 e. The Labute approximate surface area is 199 Å². The molecule has 0 aliphatic carbocycles. The molecule has 0 saturated carbocycles. The quantitative estimate of drug-likeness (QED) is 0.539. The van der Waals surface area contributed by atoms with E-state index >= 15 is 0 Å². The molecule has 7 nitrogen and oxygen atoms in total. The van der Waals surface area contributed by atoms with Crippen LogP contribution in [0.25, 0.3) is 21.9 Å². The Morgan fingerprint density at radius 2 is 1.65 bits per heavy atom. The molecular formula is C27H31NO6. The van der Waals surface area contributed by atoms with Gasteiger partial charge in [0.15, 0.2) is 0 Å². The zero-order valence-electron chi connectivity index (χ0n) is 20.7. The third kappa shape index (κ3) is 3.47. The number of aryl methyl sites for hydroxylation is 1. The average Bonchev–Trinajstić information content (AvgIpc) is 2.83. The fraction of sp³-hybridized carbons (Fsp3) is 0.370. The summed E-state index contributed by atoms with van der Waals surface area (Å²) in [6, 6.07) is 8.99. The van der Waals surface area contributed by atoms with Crippen molar-refractivity contribution in [2.45, 2.75) is 39.3 Å². The van der Waals surface area contributed by atoms with Gasteiger partial charge in [-0.05, 0) is 61.4 Å². The zero-order chi connectivity index (χ0) is 24.7. The highest BCUT2D eigenvalue weighted by Crippen LogP contribution is 2.51.